The van der Waals surface area contributed by atoms with Crippen molar-refractivity contribution in [1.82, 2.24) is 9.88 Å². The predicted molar refractivity (Wildman–Crippen MR) is 167 cm³/mol. The number of nitrogens with zero attached hydrogens (tertiary/aromatic N) is 2. The van der Waals surface area contributed by atoms with Crippen LogP contribution in [0.5, 0.6) is 0 Å². The number of hydrogen-bond donors (Lipinski definition) is 1. The van der Waals surface area contributed by atoms with Crippen LogP contribution in [-0.2, 0) is 15.0 Å². The Bertz CT molecular complexity index is 1610. The van der Waals surface area contributed by atoms with Gasteiger partial charge in [0.05, 0.1) is 5.69 Å². The monoisotopic (exact) mass is 563 g/mol. The average molecular weight is 564 g/mol. The van der Waals surface area contributed by atoms with E-state index in [1.54, 1.807) is 6.08 Å². The van der Waals surface area contributed by atoms with Crippen molar-refractivity contribution in [2.45, 2.75) is 71.6 Å². The van der Waals surface area contributed by atoms with Gasteiger partial charge in [0, 0.05) is 17.1 Å². The summed E-state index contributed by atoms with van der Waals surface area (Å²) in [6.07, 6.45) is 10.1. The molecule has 1 aromatic heterocycles. The number of hydrogen-bond acceptors (Lipinski definition) is 3. The van der Waals surface area contributed by atoms with Gasteiger partial charge in [-0.1, -0.05) is 29.8 Å². The summed E-state index contributed by atoms with van der Waals surface area (Å²) >= 11 is 5.42. The van der Waals surface area contributed by atoms with Crippen molar-refractivity contribution in [3.05, 3.63) is 87.7 Å². The second-order valence-electron chi connectivity index (χ2n) is 13.2. The first-order chi connectivity index (χ1) is 19.6. The molecule has 1 aliphatic heterocycles. The quantitative estimate of drug-likeness (QED) is 0.211. The molecule has 2 amide bonds. The number of nitrogens with one attached hydrogen (secondary N) is 1. The van der Waals surface area contributed by atoms with Crippen molar-refractivity contribution in [1.29, 1.82) is 0 Å². The maximum atomic E-state index is 13.7. The van der Waals surface area contributed by atoms with Crippen molar-refractivity contribution < 1.29 is 9.59 Å². The molecule has 5 nitrogen and oxygen atoms in total. The summed E-state index contributed by atoms with van der Waals surface area (Å²) in [5.74, 6) is 1.89. The van der Waals surface area contributed by atoms with E-state index in [9.17, 15) is 9.59 Å². The summed E-state index contributed by atoms with van der Waals surface area (Å²) in [6, 6.07) is 17.1. The van der Waals surface area contributed by atoms with E-state index in [2.05, 4.69) is 41.1 Å². The summed E-state index contributed by atoms with van der Waals surface area (Å²) in [6.45, 7) is 8.07. The maximum absolute atomic E-state index is 13.7. The van der Waals surface area contributed by atoms with Crippen LogP contribution in [-0.4, -0.2) is 21.5 Å². The summed E-state index contributed by atoms with van der Waals surface area (Å²) in [7, 11) is 0. The summed E-state index contributed by atoms with van der Waals surface area (Å²) < 4.78 is 2.22. The Balaban J connectivity index is 1.20. The average Bonchev–Trinajstić information content (AvgIpc) is 3.19. The van der Waals surface area contributed by atoms with Gasteiger partial charge in [-0.25, -0.2) is 0 Å². The lowest BCUT2D eigenvalue weighted by molar-refractivity contribution is -0.122. The number of aryl methyl sites for hydroxylation is 3. The molecule has 2 heterocycles. The lowest BCUT2D eigenvalue weighted by Crippen LogP contribution is -2.54. The Hall–Kier alpha value is -3.51. The molecule has 6 heteroatoms. The number of amides is 2. The van der Waals surface area contributed by atoms with E-state index in [1.165, 1.54) is 49.0 Å². The molecule has 8 rings (SSSR count). The molecule has 4 aliphatic carbocycles. The molecule has 0 spiro atoms. The van der Waals surface area contributed by atoms with E-state index in [-0.39, 0.29) is 10.7 Å². The van der Waals surface area contributed by atoms with E-state index < -0.39 is 11.8 Å². The minimum Gasteiger partial charge on any atom is -0.318 e. The van der Waals surface area contributed by atoms with E-state index in [4.69, 9.17) is 12.2 Å². The van der Waals surface area contributed by atoms with Gasteiger partial charge < -0.3 is 4.57 Å². The fourth-order valence-electron chi connectivity index (χ4n) is 8.85. The molecule has 2 aromatic carbocycles. The van der Waals surface area contributed by atoms with E-state index in [1.807, 2.05) is 45.0 Å². The SMILES string of the molecule is Cc1ccc(N2C(=O)/C(=C/c3cc(C)n(-c4ccc(C56CC7CC(CC(C7)C5)C6)cc4)c3C)C(=O)NC2=S)c(C)c1. The first-order valence-electron chi connectivity index (χ1n) is 14.9. The van der Waals surface area contributed by atoms with Gasteiger partial charge in [-0.2, -0.15) is 0 Å². The molecule has 0 atom stereocenters. The first-order valence-corrected chi connectivity index (χ1v) is 15.3. The molecule has 5 aliphatic rings. The summed E-state index contributed by atoms with van der Waals surface area (Å²) in [5, 5.41) is 2.83. The molecule has 0 unspecified atom stereocenters. The number of carbonyl (C=O) groups excluding carboxylic acids is 2. The molecule has 1 saturated heterocycles. The van der Waals surface area contributed by atoms with Crippen LogP contribution >= 0.6 is 12.2 Å². The van der Waals surface area contributed by atoms with Crippen LogP contribution in [0.25, 0.3) is 11.8 Å². The van der Waals surface area contributed by atoms with Crippen molar-refractivity contribution >= 4 is 40.9 Å². The molecule has 5 fully saturated rings. The van der Waals surface area contributed by atoms with E-state index in [0.717, 1.165) is 51.5 Å². The Kier molecular flexibility index (Phi) is 6.13. The number of anilines is 1. The van der Waals surface area contributed by atoms with Gasteiger partial charge in [-0.3, -0.25) is 19.8 Å². The van der Waals surface area contributed by atoms with Crippen LogP contribution in [0.15, 0.2) is 54.1 Å². The normalized spacial score (nSPS) is 28.1. The highest BCUT2D eigenvalue weighted by atomic mass is 32.1. The van der Waals surface area contributed by atoms with Crippen molar-refractivity contribution in [3.8, 4) is 5.69 Å². The van der Waals surface area contributed by atoms with Crippen LogP contribution in [0.3, 0.4) is 0 Å². The van der Waals surface area contributed by atoms with Crippen LogP contribution < -0.4 is 10.2 Å². The van der Waals surface area contributed by atoms with Crippen LogP contribution in [0.2, 0.25) is 0 Å². The zero-order valence-electron chi connectivity index (χ0n) is 24.3. The molecule has 0 radical (unpaired) electrons. The Morgan fingerprint density at radius 1 is 0.878 bits per heavy atom. The van der Waals surface area contributed by atoms with Crippen molar-refractivity contribution in [2.24, 2.45) is 17.8 Å². The number of benzene rings is 2. The van der Waals surface area contributed by atoms with Gasteiger partial charge in [0.15, 0.2) is 5.11 Å². The molecular weight excluding hydrogens is 526 g/mol. The van der Waals surface area contributed by atoms with Crippen LogP contribution in [0.4, 0.5) is 5.69 Å². The van der Waals surface area contributed by atoms with Gasteiger partial charge in [0.1, 0.15) is 5.57 Å². The summed E-state index contributed by atoms with van der Waals surface area (Å²) in [4.78, 5) is 28.1. The zero-order chi connectivity index (χ0) is 28.6. The molecule has 3 aromatic rings. The van der Waals surface area contributed by atoms with Crippen molar-refractivity contribution in [3.63, 3.8) is 0 Å². The fourth-order valence-corrected chi connectivity index (χ4v) is 9.12. The van der Waals surface area contributed by atoms with E-state index in [0.29, 0.717) is 11.1 Å². The highest BCUT2D eigenvalue weighted by molar-refractivity contribution is 7.80. The third-order valence-electron chi connectivity index (χ3n) is 10.2. The highest BCUT2D eigenvalue weighted by Crippen LogP contribution is 2.60. The zero-order valence-corrected chi connectivity index (χ0v) is 25.1. The molecular formula is C35H37N3O2S. The summed E-state index contributed by atoms with van der Waals surface area (Å²) in [5.41, 5.74) is 8.67. The standard InChI is InChI=1S/C35H37N3O2S/c1-20-5-10-31(21(2)11-20)38-33(40)30(32(39)36-34(38)41)16-27-12-22(3)37(23(27)4)29-8-6-28(7-9-29)35-17-24-13-25(18-35)15-26(14-24)19-35/h5-12,16,24-26H,13-15,17-19H2,1-4H3,(H,36,39,41)/b30-16+. The van der Waals surface area contributed by atoms with Crippen molar-refractivity contribution in [2.75, 3.05) is 4.90 Å². The number of carbonyl (C=O) groups is 2. The second kappa shape index (κ2) is 9.52. The molecule has 210 valence electrons. The Morgan fingerprint density at radius 2 is 1.51 bits per heavy atom. The minimum absolute atomic E-state index is 0.0796. The Labute approximate surface area is 247 Å². The van der Waals surface area contributed by atoms with Gasteiger partial charge in [-0.15, -0.1) is 0 Å². The molecule has 4 bridgehead atoms. The first kappa shape index (κ1) is 26.4. The number of aromatic nitrogens is 1. The molecule has 1 N–H and O–H groups in total. The van der Waals surface area contributed by atoms with Gasteiger partial charge in [-0.05, 0) is 149 Å². The van der Waals surface area contributed by atoms with Gasteiger partial charge in [0.2, 0.25) is 0 Å². The van der Waals surface area contributed by atoms with Gasteiger partial charge >= 0.3 is 0 Å². The Morgan fingerprint density at radius 3 is 2.12 bits per heavy atom. The highest BCUT2D eigenvalue weighted by Gasteiger charge is 2.51. The van der Waals surface area contributed by atoms with Crippen LogP contribution in [0.1, 0.15) is 72.2 Å². The molecule has 41 heavy (non-hydrogen) atoms. The van der Waals surface area contributed by atoms with E-state index >= 15 is 0 Å². The minimum atomic E-state index is -0.467. The fraction of sp³-hybridized carbons (Fsp3) is 0.400. The lowest BCUT2D eigenvalue weighted by atomic mass is 9.48. The lowest BCUT2D eigenvalue weighted by Gasteiger charge is -2.57. The number of thiocarbonyl (C=S) groups is 1. The smallest absolute Gasteiger partial charge is 0.270 e. The number of rotatable bonds is 4. The maximum Gasteiger partial charge on any atom is 0.270 e. The second-order valence-corrected chi connectivity index (χ2v) is 13.5. The molecule has 4 saturated carbocycles. The van der Waals surface area contributed by atoms with Gasteiger partial charge in [0.25, 0.3) is 11.8 Å². The largest absolute Gasteiger partial charge is 0.318 e. The predicted octanol–water partition coefficient (Wildman–Crippen LogP) is 7.01. The third kappa shape index (κ3) is 4.30. The topological polar surface area (TPSA) is 54.3 Å². The van der Waals surface area contributed by atoms with Crippen LogP contribution in [0, 0.1) is 45.4 Å². The third-order valence-corrected chi connectivity index (χ3v) is 10.5.